The fourth-order valence-electron chi connectivity index (χ4n) is 3.64. The lowest BCUT2D eigenvalue weighted by Gasteiger charge is -2.35. The molecular formula is C19H20F2N2O2S. The number of alkyl halides is 2. The van der Waals surface area contributed by atoms with Crippen LogP contribution in [0.2, 0.25) is 0 Å². The van der Waals surface area contributed by atoms with Crippen LogP contribution in [0.15, 0.2) is 35.7 Å². The number of amides is 1. The summed E-state index contributed by atoms with van der Waals surface area (Å²) in [7, 11) is 0. The average Bonchev–Trinajstić information content (AvgIpc) is 3.32. The summed E-state index contributed by atoms with van der Waals surface area (Å²) in [5, 5.41) is 4.99. The van der Waals surface area contributed by atoms with Crippen molar-refractivity contribution in [1.82, 2.24) is 4.90 Å². The van der Waals surface area contributed by atoms with Crippen LogP contribution in [-0.4, -0.2) is 30.5 Å². The number of nitrogens with zero attached hydrogens (tertiary/aromatic N) is 1. The first-order valence-corrected chi connectivity index (χ1v) is 9.63. The number of carbonyl (C=O) groups is 1. The number of hydrogen-bond acceptors (Lipinski definition) is 4. The van der Waals surface area contributed by atoms with Gasteiger partial charge in [-0.3, -0.25) is 9.69 Å². The molecule has 0 bridgehead atoms. The largest absolute Gasteiger partial charge is 0.435 e. The van der Waals surface area contributed by atoms with E-state index in [0.29, 0.717) is 24.2 Å². The standard InChI is InChI=1S/C19H20F2N2O2S/c20-19(21)25-14-5-3-13(4-6-14)22-17(24)11-23-9-7-16-15(8-10-26-16)18(23)12-1-2-12/h3-6,8,10,12,18-19H,1-2,7,9,11H2,(H,22,24)/t18-/m1/s1. The Balaban J connectivity index is 1.38. The van der Waals surface area contributed by atoms with Crippen LogP contribution >= 0.6 is 11.3 Å². The van der Waals surface area contributed by atoms with E-state index in [-0.39, 0.29) is 11.7 Å². The summed E-state index contributed by atoms with van der Waals surface area (Å²) in [4.78, 5) is 16.2. The number of ether oxygens (including phenoxy) is 1. The molecular weight excluding hydrogens is 358 g/mol. The molecule has 2 aliphatic rings. The summed E-state index contributed by atoms with van der Waals surface area (Å²) in [6, 6.07) is 8.54. The molecule has 1 atom stereocenters. The Morgan fingerprint density at radius 1 is 1.27 bits per heavy atom. The first-order chi connectivity index (χ1) is 12.6. The lowest BCUT2D eigenvalue weighted by molar-refractivity contribution is -0.118. The van der Waals surface area contributed by atoms with Gasteiger partial charge in [0.15, 0.2) is 0 Å². The molecule has 0 unspecified atom stereocenters. The molecule has 26 heavy (non-hydrogen) atoms. The molecule has 2 aromatic rings. The summed E-state index contributed by atoms with van der Waals surface area (Å²) < 4.78 is 28.7. The highest BCUT2D eigenvalue weighted by molar-refractivity contribution is 7.10. The molecule has 1 aliphatic carbocycles. The molecule has 2 heterocycles. The lowest BCUT2D eigenvalue weighted by Crippen LogP contribution is -2.41. The zero-order valence-corrected chi connectivity index (χ0v) is 15.0. The third-order valence-electron chi connectivity index (χ3n) is 4.90. The minimum absolute atomic E-state index is 0.0767. The lowest BCUT2D eigenvalue weighted by atomic mass is 9.96. The summed E-state index contributed by atoms with van der Waals surface area (Å²) in [6.07, 6.45) is 3.44. The summed E-state index contributed by atoms with van der Waals surface area (Å²) in [6.45, 7) is -1.62. The summed E-state index contributed by atoms with van der Waals surface area (Å²) in [5.41, 5.74) is 1.97. The van der Waals surface area contributed by atoms with Crippen LogP contribution in [-0.2, 0) is 11.2 Å². The highest BCUT2D eigenvalue weighted by Gasteiger charge is 2.40. The van der Waals surface area contributed by atoms with Gasteiger partial charge in [-0.05, 0) is 66.5 Å². The van der Waals surface area contributed by atoms with Gasteiger partial charge in [-0.15, -0.1) is 11.3 Å². The number of hydrogen-bond donors (Lipinski definition) is 1. The van der Waals surface area contributed by atoms with Crippen molar-refractivity contribution in [2.45, 2.75) is 31.9 Å². The maximum atomic E-state index is 12.5. The first kappa shape index (κ1) is 17.4. The zero-order valence-electron chi connectivity index (χ0n) is 14.2. The predicted molar refractivity (Wildman–Crippen MR) is 96.8 cm³/mol. The van der Waals surface area contributed by atoms with Crippen molar-refractivity contribution in [3.63, 3.8) is 0 Å². The van der Waals surface area contributed by atoms with Crippen molar-refractivity contribution in [3.8, 4) is 5.75 Å². The summed E-state index contributed by atoms with van der Waals surface area (Å²) in [5.74, 6) is 0.645. The Kier molecular flexibility index (Phi) is 4.91. The van der Waals surface area contributed by atoms with E-state index >= 15 is 0 Å². The number of benzene rings is 1. The number of anilines is 1. The molecule has 1 N–H and O–H groups in total. The fraction of sp³-hybridized carbons (Fsp3) is 0.421. The van der Waals surface area contributed by atoms with Crippen LogP contribution in [0.1, 0.15) is 29.3 Å². The van der Waals surface area contributed by atoms with E-state index in [9.17, 15) is 13.6 Å². The molecule has 1 aliphatic heterocycles. The van der Waals surface area contributed by atoms with E-state index in [2.05, 4.69) is 26.4 Å². The van der Waals surface area contributed by atoms with Crippen molar-refractivity contribution in [3.05, 3.63) is 46.2 Å². The first-order valence-electron chi connectivity index (χ1n) is 8.75. The third-order valence-corrected chi connectivity index (χ3v) is 5.89. The van der Waals surface area contributed by atoms with Gasteiger partial charge in [0.25, 0.3) is 0 Å². The van der Waals surface area contributed by atoms with E-state index in [1.165, 1.54) is 35.4 Å². The number of fused-ring (bicyclic) bond motifs is 1. The summed E-state index contributed by atoms with van der Waals surface area (Å²) >= 11 is 1.81. The molecule has 7 heteroatoms. The second kappa shape index (κ2) is 7.32. The van der Waals surface area contributed by atoms with Crippen molar-refractivity contribution in [1.29, 1.82) is 0 Å². The van der Waals surface area contributed by atoms with Crippen LogP contribution in [0.3, 0.4) is 0 Å². The Morgan fingerprint density at radius 2 is 2.04 bits per heavy atom. The Morgan fingerprint density at radius 3 is 2.73 bits per heavy atom. The van der Waals surface area contributed by atoms with Gasteiger partial charge in [0, 0.05) is 23.2 Å². The van der Waals surface area contributed by atoms with E-state index in [0.717, 1.165) is 13.0 Å². The zero-order chi connectivity index (χ0) is 18.1. The van der Waals surface area contributed by atoms with Crippen molar-refractivity contribution in [2.75, 3.05) is 18.4 Å². The number of rotatable bonds is 6. The van der Waals surface area contributed by atoms with Crippen molar-refractivity contribution < 1.29 is 18.3 Å². The maximum absolute atomic E-state index is 12.5. The molecule has 1 fully saturated rings. The monoisotopic (exact) mass is 378 g/mol. The topological polar surface area (TPSA) is 41.6 Å². The molecule has 1 saturated carbocycles. The van der Waals surface area contributed by atoms with Crippen LogP contribution in [0, 0.1) is 5.92 Å². The van der Waals surface area contributed by atoms with Crippen LogP contribution in [0.4, 0.5) is 14.5 Å². The maximum Gasteiger partial charge on any atom is 0.387 e. The second-order valence-corrected chi connectivity index (χ2v) is 7.75. The highest BCUT2D eigenvalue weighted by atomic mass is 32.1. The second-order valence-electron chi connectivity index (χ2n) is 6.75. The highest BCUT2D eigenvalue weighted by Crippen LogP contribution is 2.48. The van der Waals surface area contributed by atoms with Gasteiger partial charge in [0.05, 0.1) is 6.54 Å². The molecule has 1 aromatic heterocycles. The third kappa shape index (κ3) is 3.88. The number of halogens is 2. The molecule has 4 rings (SSSR count). The molecule has 0 saturated heterocycles. The van der Waals surface area contributed by atoms with Crippen molar-refractivity contribution in [2.24, 2.45) is 5.92 Å². The normalized spacial score (nSPS) is 20.0. The number of thiophene rings is 1. The van der Waals surface area contributed by atoms with Gasteiger partial charge in [0.2, 0.25) is 5.91 Å². The SMILES string of the molecule is O=C(CN1CCc2sccc2[C@H]1C1CC1)Nc1ccc(OC(F)F)cc1. The van der Waals surface area contributed by atoms with E-state index in [1.54, 1.807) is 12.1 Å². The number of carbonyl (C=O) groups excluding carboxylic acids is 1. The molecule has 138 valence electrons. The van der Waals surface area contributed by atoms with Crippen LogP contribution < -0.4 is 10.1 Å². The average molecular weight is 378 g/mol. The fourth-order valence-corrected chi connectivity index (χ4v) is 4.56. The van der Waals surface area contributed by atoms with Crippen molar-refractivity contribution >= 4 is 22.9 Å². The molecule has 0 spiro atoms. The van der Waals surface area contributed by atoms with Crippen LogP contribution in [0.25, 0.3) is 0 Å². The smallest absolute Gasteiger partial charge is 0.387 e. The van der Waals surface area contributed by atoms with E-state index < -0.39 is 6.61 Å². The van der Waals surface area contributed by atoms with E-state index in [1.807, 2.05) is 11.3 Å². The van der Waals surface area contributed by atoms with E-state index in [4.69, 9.17) is 0 Å². The minimum Gasteiger partial charge on any atom is -0.435 e. The van der Waals surface area contributed by atoms with Gasteiger partial charge in [-0.25, -0.2) is 0 Å². The van der Waals surface area contributed by atoms with Gasteiger partial charge >= 0.3 is 6.61 Å². The quantitative estimate of drug-likeness (QED) is 0.815. The van der Waals surface area contributed by atoms with Gasteiger partial charge in [-0.1, -0.05) is 0 Å². The minimum atomic E-state index is -2.85. The number of nitrogens with one attached hydrogen (secondary N) is 1. The Hall–Kier alpha value is -1.99. The Bertz CT molecular complexity index is 774. The molecule has 0 radical (unpaired) electrons. The predicted octanol–water partition coefficient (Wildman–Crippen LogP) is 4.30. The Labute approximate surface area is 154 Å². The van der Waals surface area contributed by atoms with Gasteiger partial charge in [0.1, 0.15) is 5.75 Å². The van der Waals surface area contributed by atoms with Gasteiger partial charge < -0.3 is 10.1 Å². The molecule has 1 amide bonds. The molecule has 1 aromatic carbocycles. The van der Waals surface area contributed by atoms with Gasteiger partial charge in [-0.2, -0.15) is 8.78 Å². The van der Waals surface area contributed by atoms with Crippen LogP contribution in [0.5, 0.6) is 5.75 Å². The molecule has 4 nitrogen and oxygen atoms in total.